The Morgan fingerprint density at radius 3 is 2.52 bits per heavy atom. The summed E-state index contributed by atoms with van der Waals surface area (Å²) in [6.45, 7) is 3.02. The van der Waals surface area contributed by atoms with Crippen LogP contribution in [0.25, 0.3) is 0 Å². The molecule has 2 atom stereocenters. The van der Waals surface area contributed by atoms with E-state index in [0.717, 1.165) is 17.5 Å². The molecule has 2 aromatic carbocycles. The Kier molecular flexibility index (Phi) is 7.80. The number of carbonyl (C=O) groups is 2. The number of rotatable bonds is 9. The number of ether oxygens (including phenoxy) is 2. The molecular weight excluding hydrogens is 416 g/mol. The van der Waals surface area contributed by atoms with Crippen molar-refractivity contribution in [3.05, 3.63) is 58.6 Å². The molecule has 2 unspecified atom stereocenters. The molecule has 7 heteroatoms. The first-order valence-corrected chi connectivity index (χ1v) is 10.9. The molecule has 0 aromatic heterocycles. The number of hydrogen-bond donors (Lipinski definition) is 1. The lowest BCUT2D eigenvalue weighted by Gasteiger charge is -2.21. The number of hydrogen-bond acceptors (Lipinski definition) is 4. The van der Waals surface area contributed by atoms with E-state index in [-0.39, 0.29) is 30.2 Å². The number of benzene rings is 2. The Bertz CT molecular complexity index is 916. The van der Waals surface area contributed by atoms with Crippen molar-refractivity contribution in [2.24, 2.45) is 5.92 Å². The number of methoxy groups -OCH3 is 2. The molecule has 0 saturated carbocycles. The van der Waals surface area contributed by atoms with Crippen LogP contribution in [0.4, 0.5) is 0 Å². The first kappa shape index (κ1) is 22.9. The molecule has 0 aliphatic carbocycles. The molecule has 1 heterocycles. The van der Waals surface area contributed by atoms with Gasteiger partial charge in [0.25, 0.3) is 0 Å². The monoisotopic (exact) mass is 444 g/mol. The molecule has 1 fully saturated rings. The third-order valence-electron chi connectivity index (χ3n) is 5.70. The highest BCUT2D eigenvalue weighted by molar-refractivity contribution is 6.30. The maximum atomic E-state index is 12.8. The highest BCUT2D eigenvalue weighted by Gasteiger charge is 2.34. The number of carbonyl (C=O) groups excluding carboxylic acids is 2. The van der Waals surface area contributed by atoms with Crippen molar-refractivity contribution >= 4 is 23.4 Å². The summed E-state index contributed by atoms with van der Waals surface area (Å²) in [6, 6.07) is 13.1. The third-order valence-corrected chi connectivity index (χ3v) is 5.95. The zero-order valence-electron chi connectivity index (χ0n) is 18.2. The van der Waals surface area contributed by atoms with Gasteiger partial charge in [0.2, 0.25) is 11.8 Å². The molecule has 1 saturated heterocycles. The molecule has 3 rings (SSSR count). The largest absolute Gasteiger partial charge is 0.493 e. The molecule has 1 aliphatic heterocycles. The van der Waals surface area contributed by atoms with Gasteiger partial charge in [-0.05, 0) is 48.2 Å². The SMILES string of the molecule is CCC(NC(=O)C1CC(=O)N(CCc2ccc(OC)c(OC)c2)C1)c1ccc(Cl)cc1. The molecule has 166 valence electrons. The van der Waals surface area contributed by atoms with Crippen molar-refractivity contribution in [1.82, 2.24) is 10.2 Å². The maximum Gasteiger partial charge on any atom is 0.225 e. The highest BCUT2D eigenvalue weighted by Crippen LogP contribution is 2.28. The van der Waals surface area contributed by atoms with E-state index in [1.165, 1.54) is 0 Å². The van der Waals surface area contributed by atoms with Gasteiger partial charge in [-0.2, -0.15) is 0 Å². The minimum atomic E-state index is -0.334. The molecule has 6 nitrogen and oxygen atoms in total. The van der Waals surface area contributed by atoms with Crippen LogP contribution in [0.15, 0.2) is 42.5 Å². The lowest BCUT2D eigenvalue weighted by molar-refractivity contribution is -0.129. The summed E-state index contributed by atoms with van der Waals surface area (Å²) in [5.41, 5.74) is 2.06. The van der Waals surface area contributed by atoms with Crippen LogP contribution in [-0.4, -0.2) is 44.0 Å². The van der Waals surface area contributed by atoms with E-state index >= 15 is 0 Å². The Morgan fingerprint density at radius 1 is 1.16 bits per heavy atom. The van der Waals surface area contributed by atoms with Crippen LogP contribution in [0.2, 0.25) is 5.02 Å². The van der Waals surface area contributed by atoms with Crippen molar-refractivity contribution in [1.29, 1.82) is 0 Å². The number of halogens is 1. The van der Waals surface area contributed by atoms with E-state index in [9.17, 15) is 9.59 Å². The quantitative estimate of drug-likeness (QED) is 0.634. The third kappa shape index (κ3) is 5.70. The van der Waals surface area contributed by atoms with Gasteiger partial charge in [-0.3, -0.25) is 9.59 Å². The van der Waals surface area contributed by atoms with E-state index in [1.54, 1.807) is 19.1 Å². The second-order valence-electron chi connectivity index (χ2n) is 7.70. The fourth-order valence-electron chi connectivity index (χ4n) is 3.87. The van der Waals surface area contributed by atoms with Crippen LogP contribution in [-0.2, 0) is 16.0 Å². The second kappa shape index (κ2) is 10.5. The van der Waals surface area contributed by atoms with Gasteiger partial charge in [0.1, 0.15) is 0 Å². The van der Waals surface area contributed by atoms with E-state index in [2.05, 4.69) is 5.32 Å². The molecule has 2 aromatic rings. The topological polar surface area (TPSA) is 67.9 Å². The highest BCUT2D eigenvalue weighted by atomic mass is 35.5. The Morgan fingerprint density at radius 2 is 1.87 bits per heavy atom. The molecule has 0 bridgehead atoms. The van der Waals surface area contributed by atoms with Gasteiger partial charge in [-0.15, -0.1) is 0 Å². The van der Waals surface area contributed by atoms with Crippen LogP contribution in [0, 0.1) is 5.92 Å². The van der Waals surface area contributed by atoms with Gasteiger partial charge >= 0.3 is 0 Å². The van der Waals surface area contributed by atoms with Crippen molar-refractivity contribution in [2.45, 2.75) is 32.2 Å². The number of likely N-dealkylation sites (tertiary alicyclic amines) is 1. The summed E-state index contributed by atoms with van der Waals surface area (Å²) in [6.07, 6.45) is 1.69. The minimum absolute atomic E-state index is 0.0140. The fraction of sp³-hybridized carbons (Fsp3) is 0.417. The lowest BCUT2D eigenvalue weighted by atomic mass is 10.0. The normalized spacial score (nSPS) is 16.8. The number of amides is 2. The van der Waals surface area contributed by atoms with E-state index in [1.807, 2.05) is 49.4 Å². The number of nitrogens with one attached hydrogen (secondary N) is 1. The average Bonchev–Trinajstić information content (AvgIpc) is 3.17. The predicted octanol–water partition coefficient (Wildman–Crippen LogP) is 4.02. The average molecular weight is 445 g/mol. The number of nitrogens with zero attached hydrogens (tertiary/aromatic N) is 1. The van der Waals surface area contributed by atoms with E-state index in [4.69, 9.17) is 21.1 Å². The summed E-state index contributed by atoms with van der Waals surface area (Å²) in [5.74, 6) is 0.937. The zero-order chi connectivity index (χ0) is 22.4. The summed E-state index contributed by atoms with van der Waals surface area (Å²) in [4.78, 5) is 27.1. The van der Waals surface area contributed by atoms with Gasteiger partial charge in [0.15, 0.2) is 11.5 Å². The minimum Gasteiger partial charge on any atom is -0.493 e. The fourth-order valence-corrected chi connectivity index (χ4v) is 4.00. The maximum absolute atomic E-state index is 12.8. The molecule has 31 heavy (non-hydrogen) atoms. The van der Waals surface area contributed by atoms with Crippen LogP contribution in [0.1, 0.15) is 36.9 Å². The van der Waals surface area contributed by atoms with Crippen molar-refractivity contribution in [3.8, 4) is 11.5 Å². The summed E-state index contributed by atoms with van der Waals surface area (Å²) in [7, 11) is 3.20. The molecule has 0 radical (unpaired) electrons. The van der Waals surface area contributed by atoms with Gasteiger partial charge in [-0.25, -0.2) is 0 Å². The van der Waals surface area contributed by atoms with Gasteiger partial charge in [0, 0.05) is 24.5 Å². The van der Waals surface area contributed by atoms with Crippen LogP contribution in [0.5, 0.6) is 11.5 Å². The summed E-state index contributed by atoms with van der Waals surface area (Å²) in [5, 5.41) is 3.76. The van der Waals surface area contributed by atoms with E-state index in [0.29, 0.717) is 36.0 Å². The van der Waals surface area contributed by atoms with Crippen molar-refractivity contribution in [3.63, 3.8) is 0 Å². The zero-order valence-corrected chi connectivity index (χ0v) is 18.9. The van der Waals surface area contributed by atoms with Crippen LogP contribution >= 0.6 is 11.6 Å². The molecule has 0 spiro atoms. The Labute approximate surface area is 188 Å². The molecule has 1 N–H and O–H groups in total. The summed E-state index contributed by atoms with van der Waals surface area (Å²) >= 11 is 5.96. The van der Waals surface area contributed by atoms with Gasteiger partial charge < -0.3 is 19.7 Å². The second-order valence-corrected chi connectivity index (χ2v) is 8.14. The van der Waals surface area contributed by atoms with Gasteiger partial charge in [-0.1, -0.05) is 36.7 Å². The first-order valence-electron chi connectivity index (χ1n) is 10.5. The Hall–Kier alpha value is -2.73. The molecule has 1 aliphatic rings. The van der Waals surface area contributed by atoms with Crippen molar-refractivity contribution < 1.29 is 19.1 Å². The first-order chi connectivity index (χ1) is 14.9. The summed E-state index contributed by atoms with van der Waals surface area (Å²) < 4.78 is 10.6. The standard InChI is InChI=1S/C24H29ClN2O4/c1-4-20(17-6-8-19(25)9-7-17)26-24(29)18-14-23(28)27(15-18)12-11-16-5-10-21(30-2)22(13-16)31-3/h5-10,13,18,20H,4,11-12,14-15H2,1-3H3,(H,26,29). The van der Waals surface area contributed by atoms with E-state index < -0.39 is 0 Å². The van der Waals surface area contributed by atoms with Crippen LogP contribution in [0.3, 0.4) is 0 Å². The smallest absolute Gasteiger partial charge is 0.225 e. The molecular formula is C24H29ClN2O4. The predicted molar refractivity (Wildman–Crippen MR) is 121 cm³/mol. The Balaban J connectivity index is 1.56. The molecule has 2 amide bonds. The van der Waals surface area contributed by atoms with Gasteiger partial charge in [0.05, 0.1) is 26.2 Å². The van der Waals surface area contributed by atoms with Crippen LogP contribution < -0.4 is 14.8 Å². The lowest BCUT2D eigenvalue weighted by Crippen LogP contribution is -2.35. The van der Waals surface area contributed by atoms with Crippen molar-refractivity contribution in [2.75, 3.05) is 27.3 Å².